The van der Waals surface area contributed by atoms with Crippen molar-refractivity contribution in [2.75, 3.05) is 7.11 Å². The molecule has 0 aliphatic carbocycles. The van der Waals surface area contributed by atoms with Crippen molar-refractivity contribution in [3.05, 3.63) is 108 Å². The number of imidazole rings is 4. The van der Waals surface area contributed by atoms with Gasteiger partial charge in [0.2, 0.25) is 6.33 Å². The van der Waals surface area contributed by atoms with E-state index in [9.17, 15) is 4.79 Å². The van der Waals surface area contributed by atoms with Gasteiger partial charge in [-0.05, 0) is 6.92 Å². The van der Waals surface area contributed by atoms with Gasteiger partial charge < -0.3 is 9.30 Å². The predicted molar refractivity (Wildman–Crippen MR) is 209 cm³/mol. The number of carbonyl (C=O) groups is 1. The molecule has 0 fully saturated rings. The average Bonchev–Trinajstić information content (AvgIpc) is 3.77. The van der Waals surface area contributed by atoms with Crippen LogP contribution in [0.3, 0.4) is 0 Å². The van der Waals surface area contributed by atoms with Gasteiger partial charge in [-0.2, -0.15) is 35.9 Å². The molecular weight excluding hydrogens is 713 g/mol. The molecule has 0 saturated heterocycles. The second-order valence-electron chi connectivity index (χ2n) is 10.9. The van der Waals surface area contributed by atoms with Crippen molar-refractivity contribution in [3.8, 4) is 0 Å². The molecule has 1 radical (unpaired) electrons. The van der Waals surface area contributed by atoms with Crippen molar-refractivity contribution in [3.63, 3.8) is 0 Å². The molecule has 0 atom stereocenters. The Kier molecular flexibility index (Phi) is 36.4. The summed E-state index contributed by atoms with van der Waals surface area (Å²) < 4.78 is 18.8. The fraction of sp³-hybridized carbons (Fsp3) is 0.525. The van der Waals surface area contributed by atoms with E-state index in [0.717, 1.165) is 5.82 Å². The second-order valence-corrected chi connectivity index (χ2v) is 10.9. The predicted octanol–water partition coefficient (Wildman–Crippen LogP) is 6.48. The third-order valence-corrected chi connectivity index (χ3v) is 7.57. The Balaban J connectivity index is -0.000000163. The maximum Gasteiger partial charge on any atom is 0.302 e. The molecule has 5 rings (SSSR count). The molecule has 4 aromatic heterocycles. The molecule has 1 aromatic carbocycles. The summed E-state index contributed by atoms with van der Waals surface area (Å²) >= 11 is 0. The molecule has 0 unspecified atom stereocenters. The molecule has 0 bridgehead atoms. The summed E-state index contributed by atoms with van der Waals surface area (Å²) in [6.07, 6.45) is 11.9. The molecule has 4 heterocycles. The Morgan fingerprint density at radius 2 is 1.29 bits per heavy atom. The Morgan fingerprint density at radius 1 is 0.804 bits per heavy atom. The van der Waals surface area contributed by atoms with Gasteiger partial charge in [0.05, 0.1) is 49.4 Å². The molecular formula is C40H74N8O2Y+2. The summed E-state index contributed by atoms with van der Waals surface area (Å²) in [4.78, 5) is 13.6. The van der Waals surface area contributed by atoms with E-state index in [1.807, 2.05) is 128 Å². The van der Waals surface area contributed by atoms with Crippen LogP contribution in [-0.2, 0) is 91.6 Å². The minimum absolute atomic E-state index is 0. The number of aromatic nitrogens is 8. The molecule has 0 saturated carbocycles. The zero-order valence-corrected chi connectivity index (χ0v) is 38.1. The van der Waals surface area contributed by atoms with E-state index in [2.05, 4.69) is 100 Å². The van der Waals surface area contributed by atoms with Gasteiger partial charge in [0.15, 0.2) is 0 Å². The topological polar surface area (TPSA) is 70.6 Å². The third kappa shape index (κ3) is 24.5. The van der Waals surface area contributed by atoms with Crippen molar-refractivity contribution >= 4 is 5.97 Å². The quantitative estimate of drug-likeness (QED) is 0.103. The molecule has 11 heteroatoms. The van der Waals surface area contributed by atoms with E-state index in [-0.39, 0.29) is 46.1 Å². The van der Waals surface area contributed by atoms with Crippen LogP contribution < -0.4 is 13.7 Å². The fourth-order valence-electron chi connectivity index (χ4n) is 3.55. The normalized spacial score (nSPS) is 8.55. The first kappa shape index (κ1) is 57.0. The van der Waals surface area contributed by atoms with E-state index in [1.54, 1.807) is 6.20 Å². The van der Waals surface area contributed by atoms with Gasteiger partial charge in [0, 0.05) is 93.7 Å². The summed E-state index contributed by atoms with van der Waals surface area (Å²) in [5.41, 5.74) is 5.27. The molecule has 287 valence electrons. The summed E-state index contributed by atoms with van der Waals surface area (Å²) in [6.45, 7) is 24.0. The minimum Gasteiger partial charge on any atom is -0.469 e. The van der Waals surface area contributed by atoms with Crippen LogP contribution in [0.2, 0.25) is 0 Å². The van der Waals surface area contributed by atoms with E-state index >= 15 is 0 Å². The van der Waals surface area contributed by atoms with Gasteiger partial charge in [-0.1, -0.05) is 42.0 Å². The molecule has 0 spiro atoms. The maximum absolute atomic E-state index is 9.59. The van der Waals surface area contributed by atoms with Crippen molar-refractivity contribution < 1.29 is 55.9 Å². The monoisotopic (exact) mass is 787 g/mol. The zero-order chi connectivity index (χ0) is 38.9. The fourth-order valence-corrected chi connectivity index (χ4v) is 3.55. The van der Waals surface area contributed by atoms with Crippen LogP contribution >= 0.6 is 0 Å². The summed E-state index contributed by atoms with van der Waals surface area (Å²) in [6, 6.07) is 10.8. The number of aryl methyl sites for hydroxylation is 8. The second kappa shape index (κ2) is 32.5. The first-order valence-corrected chi connectivity index (χ1v) is 16.8. The number of carbonyl (C=O) groups excluding carboxylic acids is 1. The van der Waals surface area contributed by atoms with Crippen molar-refractivity contribution in [2.45, 2.75) is 90.5 Å². The summed E-state index contributed by atoms with van der Waals surface area (Å²) in [5, 5.41) is 0. The Hall–Kier alpha value is -3.37. The van der Waals surface area contributed by atoms with Gasteiger partial charge in [-0.3, -0.25) is 4.79 Å². The van der Waals surface area contributed by atoms with Crippen LogP contribution in [0.5, 0.6) is 0 Å². The molecule has 0 aliphatic rings. The average molecular weight is 788 g/mol. The van der Waals surface area contributed by atoms with Crippen LogP contribution in [0.15, 0.2) is 61.6 Å². The summed E-state index contributed by atoms with van der Waals surface area (Å²) in [5.74, 6) is 3.38. The minimum atomic E-state index is -0.245. The zero-order valence-electron chi connectivity index (χ0n) is 35.2. The standard InChI is InChI=1S/C8H15N2.C7H7.2C6H11N2.C5H8N2.C3H6O2.2C2H6.CH4.Y/c1-6-7(2)10(5)8(3)9(6)4;1-7-5-3-2-4-6-7;1-6-4-7(2)5-8(6)3;1-6-7(2)4-5-8(6)3;1-5-6-3-4-7(5)2;1-3(4)5-2;2*1-2;;/h1-5H3;3-6H,1H3;2*4-5H,1-3H3;3-4H,1-2H3;1-2H3;2*1-2H3;1H4;/q+1;-1;2*+1;;;;;;. The van der Waals surface area contributed by atoms with E-state index < -0.39 is 0 Å². The van der Waals surface area contributed by atoms with Gasteiger partial charge in [-0.25, -0.2) is 32.4 Å². The van der Waals surface area contributed by atoms with Gasteiger partial charge in [0.25, 0.3) is 11.6 Å². The number of hydrogen-bond acceptors (Lipinski definition) is 3. The van der Waals surface area contributed by atoms with E-state index in [4.69, 9.17) is 0 Å². The van der Waals surface area contributed by atoms with Gasteiger partial charge >= 0.3 is 5.97 Å². The molecule has 10 nitrogen and oxygen atoms in total. The molecule has 0 aliphatic heterocycles. The van der Waals surface area contributed by atoms with Crippen LogP contribution in [0, 0.1) is 54.5 Å². The third-order valence-electron chi connectivity index (χ3n) is 7.57. The van der Waals surface area contributed by atoms with Crippen LogP contribution in [0.25, 0.3) is 0 Å². The Morgan fingerprint density at radius 3 is 1.41 bits per heavy atom. The number of methoxy groups -OCH3 is 1. The van der Waals surface area contributed by atoms with Crippen LogP contribution in [0.1, 0.15) is 82.2 Å². The number of rotatable bonds is 0. The molecule has 5 aromatic rings. The molecule has 51 heavy (non-hydrogen) atoms. The van der Waals surface area contributed by atoms with Crippen molar-refractivity contribution in [1.82, 2.24) is 23.3 Å². The van der Waals surface area contributed by atoms with E-state index in [1.165, 1.54) is 48.3 Å². The van der Waals surface area contributed by atoms with Crippen LogP contribution in [-0.4, -0.2) is 36.3 Å². The smallest absolute Gasteiger partial charge is 0.302 e. The van der Waals surface area contributed by atoms with E-state index in [0.29, 0.717) is 0 Å². The first-order valence-electron chi connectivity index (χ1n) is 16.8. The number of hydrogen-bond donors (Lipinski definition) is 0. The Labute approximate surface area is 338 Å². The SMILES string of the molecule is C.CC.CC.COC(C)=O.Cc1c(C)[n+](C)c(C)n1C.Cc1c[n+](C)cn1C.Cc1cc[c-]cc1.Cc1n(C)cc[n+]1C.Cc1nccn1C.[Y]. The number of ether oxygens (including phenoxy) is 1. The first-order chi connectivity index (χ1) is 22.9. The maximum atomic E-state index is 9.59. The number of esters is 1. The number of benzene rings is 1. The van der Waals surface area contributed by atoms with Gasteiger partial charge in [0.1, 0.15) is 41.5 Å². The largest absolute Gasteiger partial charge is 0.469 e. The van der Waals surface area contributed by atoms with Crippen molar-refractivity contribution in [2.24, 2.45) is 49.3 Å². The van der Waals surface area contributed by atoms with Crippen molar-refractivity contribution in [1.29, 1.82) is 0 Å². The summed E-state index contributed by atoms with van der Waals surface area (Å²) in [7, 11) is 15.6. The number of nitrogens with zero attached hydrogens (tertiary/aromatic N) is 8. The van der Waals surface area contributed by atoms with Gasteiger partial charge in [-0.15, -0.1) is 0 Å². The van der Waals surface area contributed by atoms with Crippen LogP contribution in [0.4, 0.5) is 0 Å². The molecule has 0 amide bonds. The Bertz CT molecular complexity index is 1430. The molecule has 0 N–H and O–H groups in total.